The highest BCUT2D eigenvalue weighted by Gasteiger charge is 1.94. The molecule has 0 radical (unpaired) electrons. The van der Waals surface area contributed by atoms with Crippen LogP contribution in [0.1, 0.15) is 24.2 Å². The third-order valence-corrected chi connectivity index (χ3v) is 1.83. The van der Waals surface area contributed by atoms with E-state index in [2.05, 4.69) is 4.98 Å². The van der Waals surface area contributed by atoms with Crippen LogP contribution in [0.4, 0.5) is 0 Å². The van der Waals surface area contributed by atoms with Gasteiger partial charge in [0.15, 0.2) is 0 Å². The van der Waals surface area contributed by atoms with Gasteiger partial charge >= 0.3 is 0 Å². The summed E-state index contributed by atoms with van der Waals surface area (Å²) < 4.78 is 1.88. The number of rotatable bonds is 2. The zero-order chi connectivity index (χ0) is 11.1. The summed E-state index contributed by atoms with van der Waals surface area (Å²) in [5.41, 5.74) is 1.69. The summed E-state index contributed by atoms with van der Waals surface area (Å²) in [4.78, 5) is 14.3. The van der Waals surface area contributed by atoms with Gasteiger partial charge in [-0.25, -0.2) is 4.98 Å². The van der Waals surface area contributed by atoms with Crippen molar-refractivity contribution in [1.29, 1.82) is 0 Å². The average Bonchev–Trinajstić information content (AvgIpc) is 2.85. The first-order valence-corrected chi connectivity index (χ1v) is 4.94. The predicted molar refractivity (Wildman–Crippen MR) is 60.3 cm³/mol. The number of carbonyl (C=O) groups excluding carboxylic acids is 1. The summed E-state index contributed by atoms with van der Waals surface area (Å²) in [7, 11) is 0. The van der Waals surface area contributed by atoms with E-state index in [9.17, 15) is 4.79 Å². The minimum atomic E-state index is 0.684. The van der Waals surface area contributed by atoms with E-state index in [4.69, 9.17) is 0 Å². The minimum Gasteiger partial charge on any atom is -0.306 e. The van der Waals surface area contributed by atoms with Gasteiger partial charge in [-0.05, 0) is 24.3 Å². The van der Waals surface area contributed by atoms with Gasteiger partial charge < -0.3 is 4.57 Å². The number of aromatic nitrogens is 2. The molecule has 3 heteroatoms. The molecule has 0 N–H and O–H groups in total. The van der Waals surface area contributed by atoms with Crippen molar-refractivity contribution in [3.63, 3.8) is 0 Å². The maximum absolute atomic E-state index is 10.4. The Hall–Kier alpha value is -1.90. The molecule has 0 fully saturated rings. The van der Waals surface area contributed by atoms with E-state index in [0.717, 1.165) is 12.0 Å². The molecule has 1 aromatic carbocycles. The van der Waals surface area contributed by atoms with Gasteiger partial charge in [-0.15, -0.1) is 0 Å². The van der Waals surface area contributed by atoms with E-state index in [1.807, 2.05) is 36.7 Å². The molecule has 0 unspecified atom stereocenters. The second-order valence-electron chi connectivity index (χ2n) is 2.68. The minimum absolute atomic E-state index is 0.684. The van der Waals surface area contributed by atoms with Crippen molar-refractivity contribution < 1.29 is 4.79 Å². The van der Waals surface area contributed by atoms with Crippen molar-refractivity contribution in [3.05, 3.63) is 48.5 Å². The van der Waals surface area contributed by atoms with Gasteiger partial charge in [0.05, 0.1) is 6.33 Å². The van der Waals surface area contributed by atoms with Gasteiger partial charge in [-0.3, -0.25) is 4.79 Å². The fraction of sp³-hybridized carbons (Fsp3) is 0.167. The van der Waals surface area contributed by atoms with Crippen LogP contribution in [0.5, 0.6) is 0 Å². The second kappa shape index (κ2) is 5.75. The van der Waals surface area contributed by atoms with E-state index in [0.29, 0.717) is 5.56 Å². The fourth-order valence-electron chi connectivity index (χ4n) is 1.14. The molecule has 0 aliphatic rings. The highest BCUT2D eigenvalue weighted by Crippen LogP contribution is 2.07. The summed E-state index contributed by atoms with van der Waals surface area (Å²) in [6, 6.07) is 7.32. The zero-order valence-corrected chi connectivity index (χ0v) is 8.92. The van der Waals surface area contributed by atoms with Crippen molar-refractivity contribution in [2.45, 2.75) is 13.8 Å². The maximum atomic E-state index is 10.4. The average molecular weight is 202 g/mol. The Morgan fingerprint density at radius 1 is 1.20 bits per heavy atom. The molecule has 0 aliphatic heterocycles. The van der Waals surface area contributed by atoms with Gasteiger partial charge in [-0.1, -0.05) is 13.8 Å². The molecule has 0 saturated heterocycles. The Labute approximate surface area is 89.4 Å². The van der Waals surface area contributed by atoms with E-state index >= 15 is 0 Å². The first-order chi connectivity index (χ1) is 7.40. The molecule has 78 valence electrons. The molecule has 0 atom stereocenters. The van der Waals surface area contributed by atoms with Gasteiger partial charge in [0, 0.05) is 23.6 Å². The van der Waals surface area contributed by atoms with E-state index < -0.39 is 0 Å². The van der Waals surface area contributed by atoms with Crippen LogP contribution >= 0.6 is 0 Å². The Morgan fingerprint density at radius 3 is 2.33 bits per heavy atom. The Kier molecular flexibility index (Phi) is 4.29. The van der Waals surface area contributed by atoms with Crippen molar-refractivity contribution in [2.75, 3.05) is 0 Å². The number of hydrogen-bond donors (Lipinski definition) is 0. The van der Waals surface area contributed by atoms with E-state index in [1.54, 1.807) is 24.7 Å². The van der Waals surface area contributed by atoms with Gasteiger partial charge in [-0.2, -0.15) is 0 Å². The molecule has 1 aromatic heterocycles. The lowest BCUT2D eigenvalue weighted by Crippen LogP contribution is -1.89. The van der Waals surface area contributed by atoms with Crippen LogP contribution in [-0.2, 0) is 0 Å². The first-order valence-electron chi connectivity index (χ1n) is 4.94. The monoisotopic (exact) mass is 202 g/mol. The van der Waals surface area contributed by atoms with Gasteiger partial charge in [0.1, 0.15) is 6.29 Å². The third-order valence-electron chi connectivity index (χ3n) is 1.83. The Balaban J connectivity index is 0.000000531. The summed E-state index contributed by atoms with van der Waals surface area (Å²) in [5, 5.41) is 0. The molecule has 0 spiro atoms. The van der Waals surface area contributed by atoms with Crippen LogP contribution in [-0.4, -0.2) is 15.8 Å². The molecule has 2 aromatic rings. The quantitative estimate of drug-likeness (QED) is 0.702. The third kappa shape index (κ3) is 2.77. The van der Waals surface area contributed by atoms with Crippen LogP contribution in [0.25, 0.3) is 5.69 Å². The maximum Gasteiger partial charge on any atom is 0.150 e. The standard InChI is InChI=1S/C10H8N2O.C2H6/c13-7-9-1-3-10(4-2-9)12-6-5-11-8-12;1-2/h1-8H;1-2H3. The lowest BCUT2D eigenvalue weighted by molar-refractivity contribution is 0.112. The SMILES string of the molecule is CC.O=Cc1ccc(-n2ccnc2)cc1. The summed E-state index contributed by atoms with van der Waals surface area (Å²) in [6.07, 6.45) is 6.12. The largest absolute Gasteiger partial charge is 0.306 e. The summed E-state index contributed by atoms with van der Waals surface area (Å²) >= 11 is 0. The molecule has 0 aliphatic carbocycles. The number of hydrogen-bond acceptors (Lipinski definition) is 2. The topological polar surface area (TPSA) is 34.9 Å². The molecule has 3 nitrogen and oxygen atoms in total. The van der Waals surface area contributed by atoms with Crippen molar-refractivity contribution >= 4 is 6.29 Å². The van der Waals surface area contributed by atoms with Crippen LogP contribution < -0.4 is 0 Å². The molecule has 0 saturated carbocycles. The number of carbonyl (C=O) groups is 1. The van der Waals surface area contributed by atoms with Crippen LogP contribution in [0.3, 0.4) is 0 Å². The fourth-order valence-corrected chi connectivity index (χ4v) is 1.14. The lowest BCUT2D eigenvalue weighted by Gasteiger charge is -2.00. The van der Waals surface area contributed by atoms with Crippen LogP contribution in [0.2, 0.25) is 0 Å². The second-order valence-corrected chi connectivity index (χ2v) is 2.68. The summed E-state index contributed by atoms with van der Waals surface area (Å²) in [6.45, 7) is 4.00. The number of nitrogens with zero attached hydrogens (tertiary/aromatic N) is 2. The molecule has 2 rings (SSSR count). The molecule has 0 bridgehead atoms. The van der Waals surface area contributed by atoms with Crippen molar-refractivity contribution in [3.8, 4) is 5.69 Å². The highest BCUT2D eigenvalue weighted by atomic mass is 16.1. The molecule has 1 heterocycles. The Morgan fingerprint density at radius 2 is 1.87 bits per heavy atom. The smallest absolute Gasteiger partial charge is 0.150 e. The highest BCUT2D eigenvalue weighted by molar-refractivity contribution is 5.75. The first kappa shape index (κ1) is 11.2. The molecule has 0 amide bonds. The molecular weight excluding hydrogens is 188 g/mol. The van der Waals surface area contributed by atoms with Crippen LogP contribution in [0, 0.1) is 0 Å². The van der Waals surface area contributed by atoms with Gasteiger partial charge in [0.2, 0.25) is 0 Å². The normalized spacial score (nSPS) is 8.93. The number of aldehydes is 1. The Bertz CT molecular complexity index is 390. The molecular formula is C12H14N2O. The van der Waals surface area contributed by atoms with Crippen LogP contribution in [0.15, 0.2) is 43.0 Å². The van der Waals surface area contributed by atoms with Gasteiger partial charge in [0.25, 0.3) is 0 Å². The number of imidazole rings is 1. The van der Waals surface area contributed by atoms with Crippen molar-refractivity contribution in [2.24, 2.45) is 0 Å². The predicted octanol–water partition coefficient (Wildman–Crippen LogP) is 2.71. The zero-order valence-electron chi connectivity index (χ0n) is 8.92. The van der Waals surface area contributed by atoms with E-state index in [1.165, 1.54) is 0 Å². The van der Waals surface area contributed by atoms with Crippen molar-refractivity contribution in [1.82, 2.24) is 9.55 Å². The number of benzene rings is 1. The lowest BCUT2D eigenvalue weighted by atomic mass is 10.2. The molecule has 15 heavy (non-hydrogen) atoms. The summed E-state index contributed by atoms with van der Waals surface area (Å²) in [5.74, 6) is 0. The van der Waals surface area contributed by atoms with E-state index in [-0.39, 0.29) is 0 Å².